The highest BCUT2D eigenvalue weighted by Gasteiger charge is 2.47. The number of amides is 1. The molecule has 2 aliphatic rings. The van der Waals surface area contributed by atoms with E-state index < -0.39 is 17.2 Å². The smallest absolute Gasteiger partial charge is 0.352 e. The predicted octanol–water partition coefficient (Wildman–Crippen LogP) is 5.61. The molecule has 1 N–H and O–H groups in total. The quantitative estimate of drug-likeness (QED) is 0.573. The summed E-state index contributed by atoms with van der Waals surface area (Å²) in [5, 5.41) is 2.96. The third-order valence-electron chi connectivity index (χ3n) is 7.62. The zero-order chi connectivity index (χ0) is 23.7. The van der Waals surface area contributed by atoms with Gasteiger partial charge in [-0.15, -0.1) is 0 Å². The topological polar surface area (TPSA) is 32.3 Å². The molecule has 0 spiro atoms. The van der Waals surface area contributed by atoms with Crippen LogP contribution in [0.5, 0.6) is 0 Å². The Morgan fingerprint density at radius 1 is 1.06 bits per heavy atom. The maximum absolute atomic E-state index is 13.5. The highest BCUT2D eigenvalue weighted by Crippen LogP contribution is 2.42. The minimum atomic E-state index is -4.40. The van der Waals surface area contributed by atoms with Gasteiger partial charge < -0.3 is 5.32 Å². The van der Waals surface area contributed by atoms with Crippen LogP contribution < -0.4 is 5.32 Å². The number of piperidine rings is 1. The molecule has 4 rings (SSSR count). The summed E-state index contributed by atoms with van der Waals surface area (Å²) >= 11 is 0. The van der Waals surface area contributed by atoms with Crippen LogP contribution >= 0.6 is 0 Å². The normalized spacial score (nSPS) is 24.8. The lowest BCUT2D eigenvalue weighted by Crippen LogP contribution is -2.59. The second-order valence-electron chi connectivity index (χ2n) is 9.68. The number of likely N-dealkylation sites (tertiary alicyclic amines) is 1. The van der Waals surface area contributed by atoms with Gasteiger partial charge in [0.05, 0.1) is 11.0 Å². The van der Waals surface area contributed by atoms with Crippen LogP contribution in [0.2, 0.25) is 0 Å². The molecule has 33 heavy (non-hydrogen) atoms. The van der Waals surface area contributed by atoms with E-state index >= 15 is 0 Å². The van der Waals surface area contributed by atoms with E-state index in [0.29, 0.717) is 30.7 Å². The van der Waals surface area contributed by atoms with Gasteiger partial charge >= 0.3 is 6.18 Å². The Balaban J connectivity index is 1.49. The van der Waals surface area contributed by atoms with Crippen molar-refractivity contribution in [2.45, 2.75) is 51.4 Å². The fourth-order valence-corrected chi connectivity index (χ4v) is 5.08. The summed E-state index contributed by atoms with van der Waals surface area (Å²) in [6, 6.07) is 15.1. The van der Waals surface area contributed by atoms with Gasteiger partial charge in [-0.3, -0.25) is 9.69 Å². The molecule has 3 nitrogen and oxygen atoms in total. The molecule has 1 aliphatic carbocycles. The molecule has 1 fully saturated rings. The van der Waals surface area contributed by atoms with E-state index in [9.17, 15) is 18.0 Å². The number of halogens is 3. The predicted molar refractivity (Wildman–Crippen MR) is 123 cm³/mol. The highest BCUT2D eigenvalue weighted by atomic mass is 19.4. The van der Waals surface area contributed by atoms with Crippen molar-refractivity contribution in [2.24, 2.45) is 11.3 Å². The summed E-state index contributed by atoms with van der Waals surface area (Å²) in [4.78, 5) is 16.0. The van der Waals surface area contributed by atoms with Gasteiger partial charge in [0.25, 0.3) is 0 Å². The molecule has 176 valence electrons. The zero-order valence-corrected chi connectivity index (χ0v) is 19.2. The van der Waals surface area contributed by atoms with E-state index in [1.54, 1.807) is 6.07 Å². The van der Waals surface area contributed by atoms with Crippen LogP contribution in [0.25, 0.3) is 0 Å². The van der Waals surface area contributed by atoms with Crippen molar-refractivity contribution in [1.82, 2.24) is 10.2 Å². The summed E-state index contributed by atoms with van der Waals surface area (Å²) in [7, 11) is 0. The third kappa shape index (κ3) is 4.86. The maximum atomic E-state index is 13.5. The summed E-state index contributed by atoms with van der Waals surface area (Å²) in [6.07, 6.45) is 2.12. The molecule has 1 heterocycles. The molecule has 6 heteroatoms. The fraction of sp³-hybridized carbons (Fsp3) is 0.444. The monoisotopic (exact) mass is 456 g/mol. The first kappa shape index (κ1) is 23.6. The molecule has 1 saturated heterocycles. The summed E-state index contributed by atoms with van der Waals surface area (Å²) < 4.78 is 39.2. The van der Waals surface area contributed by atoms with Gasteiger partial charge in [-0.25, -0.2) is 0 Å². The number of rotatable bonds is 6. The number of nitrogens with zero attached hydrogens (tertiary/aromatic N) is 1. The Labute approximate surface area is 193 Å². The minimum Gasteiger partial charge on any atom is -0.352 e. The summed E-state index contributed by atoms with van der Waals surface area (Å²) in [5.41, 5.74) is 0.312. The lowest BCUT2D eigenvalue weighted by Gasteiger charge is -2.52. The van der Waals surface area contributed by atoms with Crippen LogP contribution in [0, 0.1) is 11.3 Å². The molecule has 0 radical (unpaired) electrons. The number of hydrogen-bond donors (Lipinski definition) is 1. The lowest BCUT2D eigenvalue weighted by atomic mass is 9.69. The SMILES string of the molecule is C[C@H]1C=CC1(C)N1CCC(Cc2ccccc2)(C(=O)NCc2cccc(C(F)(F)F)c2)CC1. The van der Waals surface area contributed by atoms with Crippen LogP contribution in [0.15, 0.2) is 66.7 Å². The second kappa shape index (κ2) is 8.98. The molecular weight excluding hydrogens is 425 g/mol. The summed E-state index contributed by atoms with van der Waals surface area (Å²) in [6.45, 7) is 6.17. The summed E-state index contributed by atoms with van der Waals surface area (Å²) in [5.74, 6) is 0.402. The number of carbonyl (C=O) groups excluding carboxylic acids is 1. The fourth-order valence-electron chi connectivity index (χ4n) is 5.08. The van der Waals surface area contributed by atoms with Gasteiger partial charge in [-0.2, -0.15) is 13.2 Å². The maximum Gasteiger partial charge on any atom is 0.416 e. The van der Waals surface area contributed by atoms with Gasteiger partial charge in [-0.05, 0) is 55.4 Å². The van der Waals surface area contributed by atoms with Crippen LogP contribution in [0.1, 0.15) is 43.4 Å². The third-order valence-corrected chi connectivity index (χ3v) is 7.62. The molecule has 2 aromatic rings. The average molecular weight is 457 g/mol. The first-order valence-corrected chi connectivity index (χ1v) is 11.6. The Hall–Kier alpha value is -2.60. The van der Waals surface area contributed by atoms with Crippen molar-refractivity contribution in [3.05, 3.63) is 83.4 Å². The van der Waals surface area contributed by atoms with Gasteiger partial charge in [0.2, 0.25) is 5.91 Å². The van der Waals surface area contributed by atoms with Crippen molar-refractivity contribution in [3.63, 3.8) is 0 Å². The minimum absolute atomic E-state index is 0.0351. The van der Waals surface area contributed by atoms with E-state index in [2.05, 4.69) is 36.2 Å². The Kier molecular flexibility index (Phi) is 6.41. The standard InChI is InChI=1S/C27H31F3N2O/c1-20-11-12-25(20,2)32-15-13-26(14-16-32,18-21-7-4-3-5-8-21)24(33)31-19-22-9-6-10-23(17-22)27(28,29)30/h3-12,17,20H,13-16,18-19H2,1-2H3,(H,31,33)/t20-,25?/m0/s1. The molecule has 0 saturated carbocycles. The van der Waals surface area contributed by atoms with Gasteiger partial charge in [0.1, 0.15) is 0 Å². The van der Waals surface area contributed by atoms with E-state index in [1.165, 1.54) is 6.07 Å². The van der Waals surface area contributed by atoms with Gasteiger partial charge in [-0.1, -0.05) is 61.5 Å². The molecular formula is C27H31F3N2O. The van der Waals surface area contributed by atoms with E-state index in [0.717, 1.165) is 30.8 Å². The van der Waals surface area contributed by atoms with Crippen molar-refractivity contribution in [2.75, 3.05) is 13.1 Å². The molecule has 1 aliphatic heterocycles. The van der Waals surface area contributed by atoms with Crippen LogP contribution in [0.3, 0.4) is 0 Å². The molecule has 2 aromatic carbocycles. The van der Waals surface area contributed by atoms with Crippen LogP contribution in [-0.4, -0.2) is 29.4 Å². The first-order chi connectivity index (χ1) is 15.6. The van der Waals surface area contributed by atoms with Crippen molar-refractivity contribution < 1.29 is 18.0 Å². The number of alkyl halides is 3. The molecule has 1 unspecified atom stereocenters. The number of nitrogens with one attached hydrogen (secondary N) is 1. The number of carbonyl (C=O) groups is 1. The lowest BCUT2D eigenvalue weighted by molar-refractivity contribution is -0.137. The average Bonchev–Trinajstić information content (AvgIpc) is 2.81. The van der Waals surface area contributed by atoms with Crippen LogP contribution in [-0.2, 0) is 23.9 Å². The van der Waals surface area contributed by atoms with Crippen molar-refractivity contribution >= 4 is 5.91 Å². The van der Waals surface area contributed by atoms with Gasteiger partial charge in [0.15, 0.2) is 0 Å². The van der Waals surface area contributed by atoms with E-state index in [4.69, 9.17) is 0 Å². The molecule has 1 amide bonds. The van der Waals surface area contributed by atoms with Crippen molar-refractivity contribution in [3.8, 4) is 0 Å². The number of benzene rings is 2. The van der Waals surface area contributed by atoms with E-state index in [1.807, 2.05) is 30.3 Å². The highest BCUT2D eigenvalue weighted by molar-refractivity contribution is 5.83. The van der Waals surface area contributed by atoms with Gasteiger partial charge in [0, 0.05) is 25.2 Å². The number of hydrogen-bond acceptors (Lipinski definition) is 2. The molecule has 0 aromatic heterocycles. The van der Waals surface area contributed by atoms with Crippen molar-refractivity contribution in [1.29, 1.82) is 0 Å². The molecule has 0 bridgehead atoms. The zero-order valence-electron chi connectivity index (χ0n) is 19.2. The Morgan fingerprint density at radius 3 is 2.30 bits per heavy atom. The molecule has 2 atom stereocenters. The second-order valence-corrected chi connectivity index (χ2v) is 9.68. The Bertz CT molecular complexity index is 1010. The van der Waals surface area contributed by atoms with Crippen LogP contribution in [0.4, 0.5) is 13.2 Å². The first-order valence-electron chi connectivity index (χ1n) is 11.6. The van der Waals surface area contributed by atoms with E-state index in [-0.39, 0.29) is 18.0 Å². The Morgan fingerprint density at radius 2 is 1.73 bits per heavy atom. The largest absolute Gasteiger partial charge is 0.416 e.